The number of carbonyl (C=O) groups excluding carboxylic acids is 1. The number of benzene rings is 2. The van der Waals surface area contributed by atoms with Gasteiger partial charge in [-0.25, -0.2) is 4.79 Å². The molecular weight excluding hydrogens is 334 g/mol. The first-order valence-electron chi connectivity index (χ1n) is 8.48. The average molecular weight is 355 g/mol. The Balaban J connectivity index is 1.53. The van der Waals surface area contributed by atoms with Crippen molar-refractivity contribution >= 4 is 11.8 Å². The van der Waals surface area contributed by atoms with E-state index in [0.717, 1.165) is 26.1 Å². The fourth-order valence-electron chi connectivity index (χ4n) is 3.07. The molecule has 1 aliphatic heterocycles. The molecule has 2 aromatic rings. The van der Waals surface area contributed by atoms with Crippen molar-refractivity contribution < 1.29 is 14.5 Å². The van der Waals surface area contributed by atoms with Crippen molar-refractivity contribution in [3.8, 4) is 5.75 Å². The molecule has 1 saturated heterocycles. The Labute approximate surface area is 151 Å². The van der Waals surface area contributed by atoms with Gasteiger partial charge in [0.05, 0.1) is 4.92 Å². The molecule has 0 spiro atoms. The lowest BCUT2D eigenvalue weighted by atomic mass is 10.2. The molecule has 136 valence electrons. The van der Waals surface area contributed by atoms with Gasteiger partial charge in [-0.15, -0.1) is 0 Å². The zero-order valence-corrected chi connectivity index (χ0v) is 14.6. The fourth-order valence-corrected chi connectivity index (χ4v) is 3.07. The number of rotatable bonds is 5. The SMILES string of the molecule is CN(C(=O)Oc1ccc([N+](=O)[O-])cc1)C1CCN(Cc2ccccc2)C1. The van der Waals surface area contributed by atoms with Crippen LogP contribution in [0.4, 0.5) is 10.5 Å². The van der Waals surface area contributed by atoms with Crippen molar-refractivity contribution in [1.29, 1.82) is 0 Å². The number of non-ortho nitro benzene ring substituents is 1. The topological polar surface area (TPSA) is 75.9 Å². The molecular formula is C19H21N3O4. The Bertz CT molecular complexity index is 764. The number of ether oxygens (including phenoxy) is 1. The Hall–Kier alpha value is -2.93. The van der Waals surface area contributed by atoms with Crippen LogP contribution in [-0.2, 0) is 6.54 Å². The molecule has 1 fully saturated rings. The maximum Gasteiger partial charge on any atom is 0.415 e. The molecule has 1 aliphatic rings. The van der Waals surface area contributed by atoms with Gasteiger partial charge in [-0.2, -0.15) is 0 Å². The average Bonchev–Trinajstić information content (AvgIpc) is 3.10. The molecule has 2 aromatic carbocycles. The van der Waals surface area contributed by atoms with Crippen LogP contribution in [0.5, 0.6) is 5.75 Å². The van der Waals surface area contributed by atoms with Crippen LogP contribution in [0.2, 0.25) is 0 Å². The lowest BCUT2D eigenvalue weighted by Crippen LogP contribution is -2.40. The van der Waals surface area contributed by atoms with Gasteiger partial charge in [0, 0.05) is 44.9 Å². The molecule has 0 aliphatic carbocycles. The summed E-state index contributed by atoms with van der Waals surface area (Å²) >= 11 is 0. The molecule has 7 nitrogen and oxygen atoms in total. The minimum Gasteiger partial charge on any atom is -0.410 e. The smallest absolute Gasteiger partial charge is 0.410 e. The molecule has 1 atom stereocenters. The van der Waals surface area contributed by atoms with Crippen LogP contribution in [0, 0.1) is 10.1 Å². The molecule has 26 heavy (non-hydrogen) atoms. The van der Waals surface area contributed by atoms with Crippen LogP contribution >= 0.6 is 0 Å². The van der Waals surface area contributed by atoms with E-state index in [1.807, 2.05) is 18.2 Å². The zero-order chi connectivity index (χ0) is 18.5. The maximum absolute atomic E-state index is 12.3. The summed E-state index contributed by atoms with van der Waals surface area (Å²) in [5.74, 6) is 0.298. The summed E-state index contributed by atoms with van der Waals surface area (Å²) in [7, 11) is 1.73. The number of hydrogen-bond donors (Lipinski definition) is 0. The van der Waals surface area contributed by atoms with Gasteiger partial charge in [-0.3, -0.25) is 15.0 Å². The summed E-state index contributed by atoms with van der Waals surface area (Å²) < 4.78 is 5.32. The number of carbonyl (C=O) groups is 1. The summed E-state index contributed by atoms with van der Waals surface area (Å²) in [6.07, 6.45) is 0.434. The van der Waals surface area contributed by atoms with E-state index in [4.69, 9.17) is 4.74 Å². The largest absolute Gasteiger partial charge is 0.415 e. The third kappa shape index (κ3) is 4.37. The third-order valence-corrected chi connectivity index (χ3v) is 4.58. The van der Waals surface area contributed by atoms with Crippen molar-refractivity contribution in [3.63, 3.8) is 0 Å². The highest BCUT2D eigenvalue weighted by Crippen LogP contribution is 2.21. The maximum atomic E-state index is 12.3. The molecule has 0 bridgehead atoms. The molecule has 0 radical (unpaired) electrons. The van der Waals surface area contributed by atoms with Gasteiger partial charge in [-0.1, -0.05) is 30.3 Å². The van der Waals surface area contributed by atoms with Crippen LogP contribution in [0.3, 0.4) is 0 Å². The van der Waals surface area contributed by atoms with E-state index in [2.05, 4.69) is 17.0 Å². The molecule has 0 saturated carbocycles. The van der Waals surface area contributed by atoms with Crippen molar-refractivity contribution in [1.82, 2.24) is 9.80 Å². The molecule has 3 rings (SSSR count). The number of likely N-dealkylation sites (N-methyl/N-ethyl adjacent to an activating group) is 1. The molecule has 7 heteroatoms. The predicted molar refractivity (Wildman–Crippen MR) is 97.0 cm³/mol. The van der Waals surface area contributed by atoms with Crippen molar-refractivity contribution in [2.24, 2.45) is 0 Å². The first-order valence-corrected chi connectivity index (χ1v) is 8.48. The van der Waals surface area contributed by atoms with Crippen molar-refractivity contribution in [2.45, 2.75) is 19.0 Å². The minimum atomic E-state index is -0.489. The lowest BCUT2D eigenvalue weighted by molar-refractivity contribution is -0.384. The van der Waals surface area contributed by atoms with E-state index in [9.17, 15) is 14.9 Å². The summed E-state index contributed by atoms with van der Waals surface area (Å²) in [6.45, 7) is 2.58. The van der Waals surface area contributed by atoms with Crippen molar-refractivity contribution in [2.75, 3.05) is 20.1 Å². The number of nitrogens with zero attached hydrogens (tertiary/aromatic N) is 3. The third-order valence-electron chi connectivity index (χ3n) is 4.58. The monoisotopic (exact) mass is 355 g/mol. The van der Waals surface area contributed by atoms with Gasteiger partial charge in [0.2, 0.25) is 0 Å². The number of nitro groups is 1. The number of amides is 1. The second-order valence-electron chi connectivity index (χ2n) is 6.39. The van der Waals surface area contributed by atoms with Crippen LogP contribution < -0.4 is 4.74 Å². The second kappa shape index (κ2) is 7.97. The standard InChI is InChI=1S/C19H21N3O4/c1-20(19(23)26-18-9-7-16(8-10-18)22(24)25)17-11-12-21(14-17)13-15-5-3-2-4-6-15/h2-10,17H,11-14H2,1H3. The number of hydrogen-bond acceptors (Lipinski definition) is 5. The Morgan fingerprint density at radius 1 is 1.23 bits per heavy atom. The summed E-state index contributed by atoms with van der Waals surface area (Å²) in [4.78, 5) is 26.4. The van der Waals surface area contributed by atoms with E-state index in [-0.39, 0.29) is 11.7 Å². The molecule has 1 unspecified atom stereocenters. The second-order valence-corrected chi connectivity index (χ2v) is 6.39. The van der Waals surface area contributed by atoms with Gasteiger partial charge in [0.15, 0.2) is 0 Å². The van der Waals surface area contributed by atoms with E-state index in [1.165, 1.54) is 29.8 Å². The highest BCUT2D eigenvalue weighted by atomic mass is 16.6. The number of nitro benzene ring substituents is 1. The van der Waals surface area contributed by atoms with Gasteiger partial charge in [0.1, 0.15) is 5.75 Å². The molecule has 0 aromatic heterocycles. The highest BCUT2D eigenvalue weighted by Gasteiger charge is 2.29. The lowest BCUT2D eigenvalue weighted by Gasteiger charge is -2.24. The minimum absolute atomic E-state index is 0.0366. The predicted octanol–water partition coefficient (Wildman–Crippen LogP) is 3.30. The molecule has 1 amide bonds. The van der Waals surface area contributed by atoms with E-state index in [1.54, 1.807) is 11.9 Å². The van der Waals surface area contributed by atoms with E-state index < -0.39 is 11.0 Å². The van der Waals surface area contributed by atoms with Crippen LogP contribution in [0.25, 0.3) is 0 Å². The zero-order valence-electron chi connectivity index (χ0n) is 14.6. The normalized spacial score (nSPS) is 17.0. The van der Waals surface area contributed by atoms with Gasteiger partial charge in [-0.05, 0) is 24.1 Å². The number of likely N-dealkylation sites (tertiary alicyclic amines) is 1. The first-order chi connectivity index (χ1) is 12.5. The molecule has 1 heterocycles. The van der Waals surface area contributed by atoms with Crippen LogP contribution in [0.15, 0.2) is 54.6 Å². The first kappa shape index (κ1) is 17.9. The summed E-state index contributed by atoms with van der Waals surface area (Å²) in [5.41, 5.74) is 1.22. The summed E-state index contributed by atoms with van der Waals surface area (Å²) in [5, 5.41) is 10.7. The fraction of sp³-hybridized carbons (Fsp3) is 0.316. The molecule has 0 N–H and O–H groups in total. The van der Waals surface area contributed by atoms with Gasteiger partial charge in [0.25, 0.3) is 5.69 Å². The quantitative estimate of drug-likeness (QED) is 0.608. The summed E-state index contributed by atoms with van der Waals surface area (Å²) in [6, 6.07) is 15.8. The Morgan fingerprint density at radius 3 is 2.58 bits per heavy atom. The Kier molecular flexibility index (Phi) is 5.48. The van der Waals surface area contributed by atoms with Crippen LogP contribution in [0.1, 0.15) is 12.0 Å². The van der Waals surface area contributed by atoms with Crippen LogP contribution in [-0.4, -0.2) is 47.0 Å². The Morgan fingerprint density at radius 2 is 1.92 bits per heavy atom. The van der Waals surface area contributed by atoms with Gasteiger partial charge >= 0.3 is 6.09 Å². The van der Waals surface area contributed by atoms with E-state index >= 15 is 0 Å². The highest BCUT2D eigenvalue weighted by molar-refractivity contribution is 5.71. The van der Waals surface area contributed by atoms with E-state index in [0.29, 0.717) is 5.75 Å². The van der Waals surface area contributed by atoms with Gasteiger partial charge < -0.3 is 9.64 Å². The van der Waals surface area contributed by atoms with Crippen molar-refractivity contribution in [3.05, 3.63) is 70.3 Å².